The molecular formula is C16H12N2S2. The van der Waals surface area contributed by atoms with Gasteiger partial charge in [0.05, 0.1) is 20.4 Å². The molecule has 4 rings (SSSR count). The van der Waals surface area contributed by atoms with Gasteiger partial charge in [-0.2, -0.15) is 0 Å². The summed E-state index contributed by atoms with van der Waals surface area (Å²) in [6.07, 6.45) is 0. The third kappa shape index (κ3) is 1.92. The number of rotatable bonds is 1. The summed E-state index contributed by atoms with van der Waals surface area (Å²) in [6.45, 7) is 4.19. The minimum atomic E-state index is 1.02. The number of aromatic nitrogens is 2. The van der Waals surface area contributed by atoms with Crippen LogP contribution >= 0.6 is 22.7 Å². The molecule has 0 unspecified atom stereocenters. The van der Waals surface area contributed by atoms with Crippen molar-refractivity contribution in [2.75, 3.05) is 0 Å². The Labute approximate surface area is 124 Å². The summed E-state index contributed by atoms with van der Waals surface area (Å²) in [5.41, 5.74) is 4.63. The van der Waals surface area contributed by atoms with Crippen LogP contribution in [0.4, 0.5) is 0 Å². The molecule has 0 aliphatic carbocycles. The maximum absolute atomic E-state index is 4.73. The SMILES string of the molecule is Cc1ccc2sc(-c3nc4cc(C)ccc4s3)nc2c1. The summed E-state index contributed by atoms with van der Waals surface area (Å²) < 4.78 is 2.45. The highest BCUT2D eigenvalue weighted by molar-refractivity contribution is 7.27. The Morgan fingerprint density at radius 3 is 1.60 bits per heavy atom. The molecule has 0 amide bonds. The zero-order valence-corrected chi connectivity index (χ0v) is 12.8. The normalized spacial score (nSPS) is 11.5. The summed E-state index contributed by atoms with van der Waals surface area (Å²) >= 11 is 3.43. The van der Waals surface area contributed by atoms with E-state index in [2.05, 4.69) is 50.2 Å². The zero-order valence-electron chi connectivity index (χ0n) is 11.2. The van der Waals surface area contributed by atoms with Crippen molar-refractivity contribution in [1.29, 1.82) is 0 Å². The van der Waals surface area contributed by atoms with E-state index < -0.39 is 0 Å². The molecule has 0 aliphatic rings. The third-order valence-corrected chi connectivity index (χ3v) is 5.48. The number of hydrogen-bond donors (Lipinski definition) is 0. The molecule has 98 valence electrons. The molecule has 0 fully saturated rings. The second kappa shape index (κ2) is 4.36. The van der Waals surface area contributed by atoms with E-state index in [-0.39, 0.29) is 0 Å². The lowest BCUT2D eigenvalue weighted by Gasteiger charge is -1.88. The van der Waals surface area contributed by atoms with Gasteiger partial charge >= 0.3 is 0 Å². The van der Waals surface area contributed by atoms with Crippen LogP contribution in [0.1, 0.15) is 11.1 Å². The zero-order chi connectivity index (χ0) is 13.7. The highest BCUT2D eigenvalue weighted by atomic mass is 32.1. The van der Waals surface area contributed by atoms with E-state index in [4.69, 9.17) is 9.97 Å². The maximum Gasteiger partial charge on any atom is 0.153 e. The van der Waals surface area contributed by atoms with Gasteiger partial charge in [0.25, 0.3) is 0 Å². The van der Waals surface area contributed by atoms with E-state index in [0.717, 1.165) is 21.0 Å². The van der Waals surface area contributed by atoms with Crippen LogP contribution in [0, 0.1) is 13.8 Å². The second-order valence-corrected chi connectivity index (χ2v) is 7.04. The van der Waals surface area contributed by atoms with Crippen LogP contribution in [-0.2, 0) is 0 Å². The van der Waals surface area contributed by atoms with Crippen molar-refractivity contribution in [3.8, 4) is 10.0 Å². The molecule has 0 radical (unpaired) electrons. The van der Waals surface area contributed by atoms with Gasteiger partial charge in [-0.1, -0.05) is 12.1 Å². The van der Waals surface area contributed by atoms with Gasteiger partial charge in [0.15, 0.2) is 10.0 Å². The minimum absolute atomic E-state index is 1.02. The van der Waals surface area contributed by atoms with Gasteiger partial charge in [-0.05, 0) is 49.2 Å². The molecule has 2 heterocycles. The first-order valence-electron chi connectivity index (χ1n) is 6.44. The summed E-state index contributed by atoms with van der Waals surface area (Å²) in [7, 11) is 0. The van der Waals surface area contributed by atoms with Crippen LogP contribution in [0.25, 0.3) is 30.4 Å². The molecule has 4 aromatic rings. The third-order valence-electron chi connectivity index (χ3n) is 3.27. The lowest BCUT2D eigenvalue weighted by Crippen LogP contribution is -1.75. The van der Waals surface area contributed by atoms with Crippen LogP contribution in [0.2, 0.25) is 0 Å². The highest BCUT2D eigenvalue weighted by Crippen LogP contribution is 2.35. The maximum atomic E-state index is 4.73. The Bertz CT molecular complexity index is 856. The highest BCUT2D eigenvalue weighted by Gasteiger charge is 2.11. The Hall–Kier alpha value is -1.78. The monoisotopic (exact) mass is 296 g/mol. The molecular weight excluding hydrogens is 284 g/mol. The Morgan fingerprint density at radius 2 is 1.15 bits per heavy atom. The van der Waals surface area contributed by atoms with E-state index in [1.54, 1.807) is 22.7 Å². The molecule has 0 spiro atoms. The fraction of sp³-hybridized carbons (Fsp3) is 0.125. The largest absolute Gasteiger partial charge is 0.233 e. The van der Waals surface area contributed by atoms with Gasteiger partial charge in [0.2, 0.25) is 0 Å². The molecule has 2 aromatic carbocycles. The molecule has 4 heteroatoms. The van der Waals surface area contributed by atoms with E-state index in [0.29, 0.717) is 0 Å². The van der Waals surface area contributed by atoms with Crippen LogP contribution in [-0.4, -0.2) is 9.97 Å². The summed E-state index contributed by atoms with van der Waals surface area (Å²) in [5.74, 6) is 0. The lowest BCUT2D eigenvalue weighted by atomic mass is 10.2. The van der Waals surface area contributed by atoms with Gasteiger partial charge in [-0.25, -0.2) is 9.97 Å². The van der Waals surface area contributed by atoms with Crippen molar-refractivity contribution in [2.24, 2.45) is 0 Å². The fourth-order valence-corrected chi connectivity index (χ4v) is 4.17. The molecule has 2 aromatic heterocycles. The topological polar surface area (TPSA) is 25.8 Å². The summed E-state index contributed by atoms with van der Waals surface area (Å²) in [5, 5.41) is 2.04. The minimum Gasteiger partial charge on any atom is -0.233 e. The van der Waals surface area contributed by atoms with Crippen molar-refractivity contribution in [2.45, 2.75) is 13.8 Å². The van der Waals surface area contributed by atoms with Gasteiger partial charge < -0.3 is 0 Å². The Kier molecular flexibility index (Phi) is 2.62. The van der Waals surface area contributed by atoms with E-state index in [1.165, 1.54) is 20.5 Å². The van der Waals surface area contributed by atoms with Gasteiger partial charge in [0, 0.05) is 0 Å². The first-order valence-corrected chi connectivity index (χ1v) is 8.07. The van der Waals surface area contributed by atoms with Crippen molar-refractivity contribution in [3.05, 3.63) is 47.5 Å². The standard InChI is InChI=1S/C16H12N2S2/c1-9-3-5-13-11(7-9)17-15(19-13)16-18-12-8-10(2)4-6-14(12)20-16/h3-8H,1-2H3. The molecule has 0 saturated heterocycles. The fourth-order valence-electron chi connectivity index (χ4n) is 2.26. The predicted molar refractivity (Wildman–Crippen MR) is 87.7 cm³/mol. The van der Waals surface area contributed by atoms with E-state index in [1.807, 2.05) is 0 Å². The second-order valence-electron chi connectivity index (χ2n) is 4.98. The van der Waals surface area contributed by atoms with Crippen LogP contribution < -0.4 is 0 Å². The molecule has 0 atom stereocenters. The van der Waals surface area contributed by atoms with Crippen LogP contribution in [0.3, 0.4) is 0 Å². The van der Waals surface area contributed by atoms with Gasteiger partial charge in [-0.15, -0.1) is 22.7 Å². The average Bonchev–Trinajstić information content (AvgIpc) is 3.00. The number of thiazole rings is 2. The first kappa shape index (κ1) is 12.0. The Balaban J connectivity index is 1.91. The van der Waals surface area contributed by atoms with Crippen molar-refractivity contribution in [1.82, 2.24) is 9.97 Å². The van der Waals surface area contributed by atoms with Crippen molar-refractivity contribution in [3.63, 3.8) is 0 Å². The first-order chi connectivity index (χ1) is 9.69. The molecule has 2 nitrogen and oxygen atoms in total. The van der Waals surface area contributed by atoms with E-state index in [9.17, 15) is 0 Å². The molecule has 0 bridgehead atoms. The number of benzene rings is 2. The van der Waals surface area contributed by atoms with Crippen LogP contribution in [0.15, 0.2) is 36.4 Å². The predicted octanol–water partition coefficient (Wildman–Crippen LogP) is 5.19. The number of nitrogens with zero attached hydrogens (tertiary/aromatic N) is 2. The van der Waals surface area contributed by atoms with Gasteiger partial charge in [-0.3, -0.25) is 0 Å². The average molecular weight is 296 g/mol. The smallest absolute Gasteiger partial charge is 0.153 e. The number of hydrogen-bond acceptors (Lipinski definition) is 4. The molecule has 0 N–H and O–H groups in total. The van der Waals surface area contributed by atoms with Crippen molar-refractivity contribution >= 4 is 43.1 Å². The number of fused-ring (bicyclic) bond motifs is 2. The quantitative estimate of drug-likeness (QED) is 0.483. The summed E-state index contributed by atoms with van der Waals surface area (Å²) in [6, 6.07) is 12.8. The molecule has 0 aliphatic heterocycles. The summed E-state index contributed by atoms with van der Waals surface area (Å²) in [4.78, 5) is 9.46. The Morgan fingerprint density at radius 1 is 0.700 bits per heavy atom. The van der Waals surface area contributed by atoms with Gasteiger partial charge in [0.1, 0.15) is 0 Å². The van der Waals surface area contributed by atoms with Crippen molar-refractivity contribution < 1.29 is 0 Å². The number of aryl methyl sites for hydroxylation is 2. The van der Waals surface area contributed by atoms with Crippen LogP contribution in [0.5, 0.6) is 0 Å². The van der Waals surface area contributed by atoms with E-state index >= 15 is 0 Å². The molecule has 0 saturated carbocycles. The lowest BCUT2D eigenvalue weighted by molar-refractivity contribution is 1.40. The molecule has 20 heavy (non-hydrogen) atoms.